The lowest BCUT2D eigenvalue weighted by atomic mass is 10.1. The van der Waals surface area contributed by atoms with Gasteiger partial charge in [0.2, 0.25) is 0 Å². The second kappa shape index (κ2) is 5.78. The summed E-state index contributed by atoms with van der Waals surface area (Å²) >= 11 is 7.75. The third kappa shape index (κ3) is 2.55. The number of hydrogen-bond donors (Lipinski definition) is 1. The molecule has 0 aliphatic heterocycles. The van der Waals surface area contributed by atoms with E-state index >= 15 is 0 Å². The second-order valence-corrected chi connectivity index (χ2v) is 5.52. The van der Waals surface area contributed by atoms with E-state index in [1.165, 1.54) is 0 Å². The van der Waals surface area contributed by atoms with Gasteiger partial charge in [-0.05, 0) is 32.0 Å². The van der Waals surface area contributed by atoms with Gasteiger partial charge in [-0.1, -0.05) is 42.0 Å². The Bertz CT molecular complexity index is 535. The molecule has 5 heteroatoms. The summed E-state index contributed by atoms with van der Waals surface area (Å²) in [6.45, 7) is 4.14. The Balaban J connectivity index is 2.38. The quantitative estimate of drug-likeness (QED) is 0.925. The van der Waals surface area contributed by atoms with Gasteiger partial charge in [0.05, 0.1) is 6.04 Å². The van der Waals surface area contributed by atoms with Gasteiger partial charge in [-0.25, -0.2) is 0 Å². The van der Waals surface area contributed by atoms with Crippen molar-refractivity contribution in [2.75, 3.05) is 7.05 Å². The van der Waals surface area contributed by atoms with Gasteiger partial charge in [0.25, 0.3) is 0 Å². The maximum Gasteiger partial charge on any atom is 0.148 e. The summed E-state index contributed by atoms with van der Waals surface area (Å²) < 4.78 is 0. The van der Waals surface area contributed by atoms with Crippen molar-refractivity contribution in [2.24, 2.45) is 0 Å². The van der Waals surface area contributed by atoms with E-state index in [9.17, 15) is 0 Å². The molecule has 2 rings (SSSR count). The monoisotopic (exact) mass is 281 g/mol. The van der Waals surface area contributed by atoms with Crippen molar-refractivity contribution in [3.05, 3.63) is 33.8 Å². The lowest BCUT2D eigenvalue weighted by Gasteiger charge is -2.08. The lowest BCUT2D eigenvalue weighted by Crippen LogP contribution is -2.14. The van der Waals surface area contributed by atoms with Crippen LogP contribution in [0.15, 0.2) is 18.2 Å². The van der Waals surface area contributed by atoms with Crippen LogP contribution in [0.5, 0.6) is 0 Å². The highest BCUT2D eigenvalue weighted by molar-refractivity contribution is 7.14. The first kappa shape index (κ1) is 13.5. The average Bonchev–Trinajstić information content (AvgIpc) is 2.84. The van der Waals surface area contributed by atoms with E-state index in [4.69, 9.17) is 11.6 Å². The molecule has 1 N–H and O–H groups in total. The zero-order chi connectivity index (χ0) is 13.1. The molecule has 0 saturated carbocycles. The number of rotatable bonds is 4. The summed E-state index contributed by atoms with van der Waals surface area (Å²) in [5.74, 6) is 0. The zero-order valence-electron chi connectivity index (χ0n) is 10.7. The van der Waals surface area contributed by atoms with Crippen LogP contribution in [0.4, 0.5) is 0 Å². The normalized spacial score (nSPS) is 12.7. The highest BCUT2D eigenvalue weighted by atomic mass is 35.5. The van der Waals surface area contributed by atoms with Crippen LogP contribution in [-0.2, 0) is 0 Å². The molecular weight excluding hydrogens is 266 g/mol. The maximum absolute atomic E-state index is 6.13. The first-order valence-electron chi connectivity index (χ1n) is 5.93. The Morgan fingerprint density at radius 3 is 2.83 bits per heavy atom. The molecule has 0 fully saturated rings. The molecule has 1 atom stereocenters. The van der Waals surface area contributed by atoms with Crippen LogP contribution in [0.1, 0.15) is 30.0 Å². The summed E-state index contributed by atoms with van der Waals surface area (Å²) in [6, 6.07) is 6.15. The van der Waals surface area contributed by atoms with Crippen molar-refractivity contribution in [3.8, 4) is 10.6 Å². The summed E-state index contributed by atoms with van der Waals surface area (Å²) in [6.07, 6.45) is 1.000. The van der Waals surface area contributed by atoms with Crippen molar-refractivity contribution in [1.82, 2.24) is 15.5 Å². The van der Waals surface area contributed by atoms with Crippen molar-refractivity contribution >= 4 is 22.9 Å². The Hall–Kier alpha value is -0.970. The smallest absolute Gasteiger partial charge is 0.148 e. The minimum absolute atomic E-state index is 0.274. The minimum Gasteiger partial charge on any atom is -0.311 e. The zero-order valence-corrected chi connectivity index (χ0v) is 12.3. The van der Waals surface area contributed by atoms with Gasteiger partial charge in [-0.2, -0.15) is 0 Å². The fourth-order valence-electron chi connectivity index (χ4n) is 1.83. The van der Waals surface area contributed by atoms with Gasteiger partial charge in [0, 0.05) is 10.6 Å². The highest BCUT2D eigenvalue weighted by Gasteiger charge is 2.15. The fraction of sp³-hybridized carbons (Fsp3) is 0.385. The molecule has 1 heterocycles. The molecule has 0 amide bonds. The number of aromatic nitrogens is 2. The average molecular weight is 282 g/mol. The molecule has 1 aromatic carbocycles. The Morgan fingerprint density at radius 2 is 2.17 bits per heavy atom. The van der Waals surface area contributed by atoms with E-state index in [2.05, 4.69) is 22.4 Å². The predicted molar refractivity (Wildman–Crippen MR) is 77.2 cm³/mol. The number of nitrogens with zero attached hydrogens (tertiary/aromatic N) is 2. The highest BCUT2D eigenvalue weighted by Crippen LogP contribution is 2.32. The molecule has 1 aromatic heterocycles. The van der Waals surface area contributed by atoms with E-state index in [0.29, 0.717) is 0 Å². The van der Waals surface area contributed by atoms with Gasteiger partial charge >= 0.3 is 0 Å². The van der Waals surface area contributed by atoms with E-state index in [-0.39, 0.29) is 6.04 Å². The first-order valence-corrected chi connectivity index (χ1v) is 7.13. The minimum atomic E-state index is 0.274. The van der Waals surface area contributed by atoms with Crippen molar-refractivity contribution < 1.29 is 0 Å². The first-order chi connectivity index (χ1) is 8.67. The SMILES string of the molecule is CCC(NC)c1nnc(-c2cccc(Cl)c2C)s1. The third-order valence-electron chi connectivity index (χ3n) is 2.99. The fourth-order valence-corrected chi connectivity index (χ4v) is 3.12. The van der Waals surface area contributed by atoms with Gasteiger partial charge < -0.3 is 5.32 Å². The molecule has 0 bridgehead atoms. The van der Waals surface area contributed by atoms with Gasteiger partial charge in [-0.3, -0.25) is 0 Å². The number of hydrogen-bond acceptors (Lipinski definition) is 4. The molecule has 3 nitrogen and oxygen atoms in total. The van der Waals surface area contributed by atoms with E-state index in [0.717, 1.165) is 32.6 Å². The number of nitrogens with one attached hydrogen (secondary N) is 1. The van der Waals surface area contributed by atoms with Crippen molar-refractivity contribution in [2.45, 2.75) is 26.3 Å². The van der Waals surface area contributed by atoms with E-state index in [1.807, 2.05) is 32.2 Å². The molecule has 18 heavy (non-hydrogen) atoms. The van der Waals surface area contributed by atoms with Gasteiger partial charge in [0.15, 0.2) is 0 Å². The second-order valence-electron chi connectivity index (χ2n) is 4.11. The van der Waals surface area contributed by atoms with Crippen molar-refractivity contribution in [1.29, 1.82) is 0 Å². The van der Waals surface area contributed by atoms with Crippen LogP contribution < -0.4 is 5.32 Å². The summed E-state index contributed by atoms with van der Waals surface area (Å²) in [5, 5.41) is 14.5. The summed E-state index contributed by atoms with van der Waals surface area (Å²) in [7, 11) is 1.94. The molecule has 0 aliphatic rings. The molecule has 0 radical (unpaired) electrons. The largest absolute Gasteiger partial charge is 0.311 e. The predicted octanol–water partition coefficient (Wildman–Crippen LogP) is 3.84. The van der Waals surface area contributed by atoms with Crippen LogP contribution in [0, 0.1) is 6.92 Å². The van der Waals surface area contributed by atoms with Gasteiger partial charge in [-0.15, -0.1) is 10.2 Å². The van der Waals surface area contributed by atoms with E-state index < -0.39 is 0 Å². The molecule has 96 valence electrons. The summed E-state index contributed by atoms with van der Waals surface area (Å²) in [5.41, 5.74) is 2.12. The maximum atomic E-state index is 6.13. The lowest BCUT2D eigenvalue weighted by molar-refractivity contribution is 0.568. The number of benzene rings is 1. The summed E-state index contributed by atoms with van der Waals surface area (Å²) in [4.78, 5) is 0. The van der Waals surface area contributed by atoms with Crippen LogP contribution >= 0.6 is 22.9 Å². The molecular formula is C13H16ClN3S. The molecule has 0 spiro atoms. The molecule has 0 saturated heterocycles. The molecule has 1 unspecified atom stereocenters. The Labute approximate surface area is 116 Å². The standard InChI is InChI=1S/C13H16ClN3S/c1-4-11(15-3)13-17-16-12(18-13)9-6-5-7-10(14)8(9)2/h5-7,11,15H,4H2,1-3H3. The van der Waals surface area contributed by atoms with Gasteiger partial charge in [0.1, 0.15) is 10.0 Å². The Morgan fingerprint density at radius 1 is 1.39 bits per heavy atom. The van der Waals surface area contributed by atoms with Crippen LogP contribution in [0.25, 0.3) is 10.6 Å². The van der Waals surface area contributed by atoms with Crippen LogP contribution in [0.2, 0.25) is 5.02 Å². The van der Waals surface area contributed by atoms with Crippen LogP contribution in [0.3, 0.4) is 0 Å². The molecule has 2 aromatic rings. The Kier molecular flexibility index (Phi) is 4.32. The van der Waals surface area contributed by atoms with Crippen LogP contribution in [-0.4, -0.2) is 17.2 Å². The number of halogens is 1. The third-order valence-corrected chi connectivity index (χ3v) is 4.47. The molecule has 0 aliphatic carbocycles. The topological polar surface area (TPSA) is 37.8 Å². The van der Waals surface area contributed by atoms with Crippen molar-refractivity contribution in [3.63, 3.8) is 0 Å². The van der Waals surface area contributed by atoms with E-state index in [1.54, 1.807) is 11.3 Å².